The summed E-state index contributed by atoms with van der Waals surface area (Å²) >= 11 is 0. The second-order valence-electron chi connectivity index (χ2n) is 6.55. The van der Waals surface area contributed by atoms with Gasteiger partial charge in [0.15, 0.2) is 0 Å². The smallest absolute Gasteiger partial charge is 0.101 e. The quantitative estimate of drug-likeness (QED) is 0.659. The molecule has 0 aliphatic heterocycles. The minimum atomic E-state index is -1.45. The molecule has 0 bridgehead atoms. The maximum atomic E-state index is 3.62. The lowest BCUT2D eigenvalue weighted by molar-refractivity contribution is 1.38. The van der Waals surface area contributed by atoms with E-state index < -0.39 is 8.07 Å². The van der Waals surface area contributed by atoms with E-state index in [9.17, 15) is 0 Å². The van der Waals surface area contributed by atoms with Crippen LogP contribution in [0.15, 0.2) is 84.9 Å². The fourth-order valence-corrected chi connectivity index (χ4v) is 4.67. The lowest BCUT2D eigenvalue weighted by Gasteiger charge is -2.24. The number of rotatable bonds is 5. The van der Waals surface area contributed by atoms with E-state index in [0.717, 1.165) is 6.17 Å². The lowest BCUT2D eigenvalue weighted by Crippen LogP contribution is -2.48. The molecular weight excluding hydrogens is 294 g/mol. The highest BCUT2D eigenvalue weighted by Gasteiger charge is 2.22. The van der Waals surface area contributed by atoms with Crippen LogP contribution in [0.2, 0.25) is 13.1 Å². The van der Waals surface area contributed by atoms with Crippen molar-refractivity contribution in [1.82, 2.24) is 0 Å². The van der Waals surface area contributed by atoms with Crippen molar-refractivity contribution in [3.63, 3.8) is 0 Å². The van der Waals surface area contributed by atoms with Crippen molar-refractivity contribution in [2.24, 2.45) is 0 Å². The van der Waals surface area contributed by atoms with Gasteiger partial charge in [0.25, 0.3) is 0 Å². The van der Waals surface area contributed by atoms with Gasteiger partial charge in [0, 0.05) is 11.9 Å². The van der Waals surface area contributed by atoms with Crippen LogP contribution in [-0.4, -0.2) is 14.2 Å². The summed E-state index contributed by atoms with van der Waals surface area (Å²) in [6, 6.07) is 30.1. The standard InChI is InChI=1S/C21H23NSi/c1-23(2,21-11-7-4-8-12-21)17-22-20-15-13-19(14-16-20)18-9-5-3-6-10-18/h3-16,22H,17H2,1-2H3. The maximum absolute atomic E-state index is 3.62. The van der Waals surface area contributed by atoms with E-state index in [-0.39, 0.29) is 0 Å². The minimum absolute atomic E-state index is 1.04. The fourth-order valence-electron chi connectivity index (χ4n) is 2.73. The van der Waals surface area contributed by atoms with Gasteiger partial charge in [-0.15, -0.1) is 0 Å². The van der Waals surface area contributed by atoms with Crippen LogP contribution in [0, 0.1) is 0 Å². The van der Waals surface area contributed by atoms with E-state index in [4.69, 9.17) is 0 Å². The molecule has 0 saturated heterocycles. The Morgan fingerprint density at radius 3 is 1.78 bits per heavy atom. The van der Waals surface area contributed by atoms with E-state index in [0.29, 0.717) is 0 Å². The summed E-state index contributed by atoms with van der Waals surface area (Å²) in [5.74, 6) is 0. The third-order valence-electron chi connectivity index (χ3n) is 4.28. The zero-order chi connectivity index (χ0) is 16.1. The monoisotopic (exact) mass is 317 g/mol. The highest BCUT2D eigenvalue weighted by molar-refractivity contribution is 6.90. The largest absolute Gasteiger partial charge is 0.388 e. The lowest BCUT2D eigenvalue weighted by atomic mass is 10.1. The normalized spacial score (nSPS) is 11.2. The predicted octanol–water partition coefficient (Wildman–Crippen LogP) is 4.92. The average Bonchev–Trinajstić information content (AvgIpc) is 2.62. The zero-order valence-corrected chi connectivity index (χ0v) is 14.8. The van der Waals surface area contributed by atoms with Gasteiger partial charge < -0.3 is 5.32 Å². The first-order chi connectivity index (χ1) is 11.1. The summed E-state index contributed by atoms with van der Waals surface area (Å²) in [7, 11) is -1.45. The van der Waals surface area contributed by atoms with E-state index in [1.165, 1.54) is 22.0 Å². The van der Waals surface area contributed by atoms with Crippen LogP contribution in [-0.2, 0) is 0 Å². The van der Waals surface area contributed by atoms with Crippen LogP contribution in [0.25, 0.3) is 11.1 Å². The molecule has 0 aliphatic carbocycles. The van der Waals surface area contributed by atoms with Gasteiger partial charge in [-0.05, 0) is 23.3 Å². The van der Waals surface area contributed by atoms with Crippen molar-refractivity contribution in [2.75, 3.05) is 11.5 Å². The molecule has 0 heterocycles. The highest BCUT2D eigenvalue weighted by atomic mass is 28.3. The van der Waals surface area contributed by atoms with Crippen molar-refractivity contribution in [1.29, 1.82) is 0 Å². The Morgan fingerprint density at radius 2 is 1.17 bits per heavy atom. The van der Waals surface area contributed by atoms with Crippen LogP contribution in [0.5, 0.6) is 0 Å². The molecule has 23 heavy (non-hydrogen) atoms. The van der Waals surface area contributed by atoms with Gasteiger partial charge in [-0.2, -0.15) is 0 Å². The van der Waals surface area contributed by atoms with Crippen LogP contribution in [0.3, 0.4) is 0 Å². The number of hydrogen-bond acceptors (Lipinski definition) is 1. The molecule has 3 rings (SSSR count). The van der Waals surface area contributed by atoms with Crippen LogP contribution in [0.4, 0.5) is 5.69 Å². The Labute approximate surface area is 140 Å². The highest BCUT2D eigenvalue weighted by Crippen LogP contribution is 2.21. The Balaban J connectivity index is 1.67. The summed E-state index contributed by atoms with van der Waals surface area (Å²) in [4.78, 5) is 0. The molecule has 0 fully saturated rings. The molecule has 0 amide bonds. The second kappa shape index (κ2) is 6.84. The Morgan fingerprint density at radius 1 is 0.652 bits per heavy atom. The number of nitrogens with one attached hydrogen (secondary N) is 1. The molecule has 116 valence electrons. The first-order valence-electron chi connectivity index (χ1n) is 8.10. The first-order valence-corrected chi connectivity index (χ1v) is 11.3. The van der Waals surface area contributed by atoms with E-state index in [2.05, 4.69) is 103 Å². The van der Waals surface area contributed by atoms with Crippen LogP contribution in [0.1, 0.15) is 0 Å². The predicted molar refractivity (Wildman–Crippen MR) is 104 cm³/mol. The van der Waals surface area contributed by atoms with Crippen molar-refractivity contribution in [2.45, 2.75) is 13.1 Å². The molecule has 3 aromatic carbocycles. The molecule has 0 radical (unpaired) electrons. The molecule has 0 spiro atoms. The zero-order valence-electron chi connectivity index (χ0n) is 13.8. The van der Waals surface area contributed by atoms with Crippen molar-refractivity contribution >= 4 is 18.9 Å². The van der Waals surface area contributed by atoms with Gasteiger partial charge in [-0.3, -0.25) is 0 Å². The van der Waals surface area contributed by atoms with E-state index in [1.807, 2.05) is 0 Å². The summed E-state index contributed by atoms with van der Waals surface area (Å²) in [6.07, 6.45) is 1.04. The van der Waals surface area contributed by atoms with Crippen LogP contribution >= 0.6 is 0 Å². The topological polar surface area (TPSA) is 12.0 Å². The molecule has 0 saturated carbocycles. The summed E-state index contributed by atoms with van der Waals surface area (Å²) < 4.78 is 0. The molecular formula is C21H23NSi. The fraction of sp³-hybridized carbons (Fsp3) is 0.143. The Hall–Kier alpha value is -2.32. The third-order valence-corrected chi connectivity index (χ3v) is 7.24. The number of anilines is 1. The van der Waals surface area contributed by atoms with Gasteiger partial charge in [0.05, 0.1) is 0 Å². The Bertz CT molecular complexity index is 734. The third kappa shape index (κ3) is 3.91. The number of hydrogen-bond donors (Lipinski definition) is 1. The maximum Gasteiger partial charge on any atom is 0.101 e. The molecule has 0 aromatic heterocycles. The van der Waals surface area contributed by atoms with Crippen molar-refractivity contribution in [3.8, 4) is 11.1 Å². The molecule has 0 aliphatic rings. The molecule has 1 nitrogen and oxygen atoms in total. The van der Waals surface area contributed by atoms with Crippen molar-refractivity contribution in [3.05, 3.63) is 84.9 Å². The first kappa shape index (κ1) is 15.6. The number of benzene rings is 3. The van der Waals surface area contributed by atoms with Gasteiger partial charge in [0.1, 0.15) is 8.07 Å². The van der Waals surface area contributed by atoms with Crippen molar-refractivity contribution < 1.29 is 0 Å². The Kier molecular flexibility index (Phi) is 4.63. The van der Waals surface area contributed by atoms with E-state index in [1.54, 1.807) is 0 Å². The molecule has 0 atom stereocenters. The molecule has 0 unspecified atom stereocenters. The van der Waals surface area contributed by atoms with Crippen LogP contribution < -0.4 is 10.5 Å². The van der Waals surface area contributed by atoms with Gasteiger partial charge in [-0.25, -0.2) is 0 Å². The molecule has 2 heteroatoms. The van der Waals surface area contributed by atoms with E-state index >= 15 is 0 Å². The average molecular weight is 318 g/mol. The summed E-state index contributed by atoms with van der Waals surface area (Å²) in [5.41, 5.74) is 3.72. The van der Waals surface area contributed by atoms with Gasteiger partial charge in [-0.1, -0.05) is 91.1 Å². The van der Waals surface area contributed by atoms with Gasteiger partial charge in [0.2, 0.25) is 0 Å². The minimum Gasteiger partial charge on any atom is -0.388 e. The molecule has 3 aromatic rings. The second-order valence-corrected chi connectivity index (χ2v) is 11.2. The summed E-state index contributed by atoms with van der Waals surface area (Å²) in [6.45, 7) is 4.82. The molecule has 1 N–H and O–H groups in total. The SMILES string of the molecule is C[Si](C)(CNc1ccc(-c2ccccc2)cc1)c1ccccc1. The summed E-state index contributed by atoms with van der Waals surface area (Å²) in [5, 5.41) is 5.12. The van der Waals surface area contributed by atoms with Gasteiger partial charge >= 0.3 is 0 Å².